The Hall–Kier alpha value is -3.43. The number of benzene rings is 2. The first kappa shape index (κ1) is 25.2. The average molecular weight is 511 g/mol. The van der Waals surface area contributed by atoms with Gasteiger partial charge in [-0.2, -0.15) is 10.2 Å². The minimum Gasteiger partial charge on any atom is -0.382 e. The lowest BCUT2D eigenvalue weighted by Gasteiger charge is -2.20. The molecule has 1 unspecified atom stereocenters. The Morgan fingerprint density at radius 3 is 2.51 bits per heavy atom. The van der Waals surface area contributed by atoms with Crippen LogP contribution in [-0.2, 0) is 17.9 Å². The van der Waals surface area contributed by atoms with Crippen LogP contribution in [0, 0.1) is 18.7 Å². The van der Waals surface area contributed by atoms with Crippen LogP contribution in [-0.4, -0.2) is 24.7 Å². The third-order valence-corrected chi connectivity index (χ3v) is 6.68. The standard InChI is InChI=1S/C28H29F3N4O2/c1-17-23(15-34(32-17)14-19-8-9-19)27(36)26-13-24(28(30)31)33-35(26)25-11-10-21(29)12-22(25)18(2)37-16-20-6-4-3-5-7-20/h3-7,10-13,15,18-19,27-28,36H,8-9,14,16H2,1-2H3/t18-,27?/m1/s1. The van der Waals surface area contributed by atoms with E-state index in [2.05, 4.69) is 10.2 Å². The third kappa shape index (κ3) is 5.62. The molecule has 2 atom stereocenters. The van der Waals surface area contributed by atoms with E-state index in [-0.39, 0.29) is 12.3 Å². The molecule has 0 spiro atoms. The maximum atomic E-state index is 14.3. The lowest BCUT2D eigenvalue weighted by atomic mass is 10.0. The van der Waals surface area contributed by atoms with E-state index in [4.69, 9.17) is 4.74 Å². The van der Waals surface area contributed by atoms with Crippen LogP contribution >= 0.6 is 0 Å². The van der Waals surface area contributed by atoms with Gasteiger partial charge in [-0.15, -0.1) is 0 Å². The number of nitrogens with zero attached hydrogens (tertiary/aromatic N) is 4. The molecular formula is C28H29F3N4O2. The van der Waals surface area contributed by atoms with Crippen molar-refractivity contribution < 1.29 is 23.0 Å². The van der Waals surface area contributed by atoms with Gasteiger partial charge in [-0.1, -0.05) is 30.3 Å². The van der Waals surface area contributed by atoms with Crippen LogP contribution < -0.4 is 0 Å². The minimum atomic E-state index is -2.85. The highest BCUT2D eigenvalue weighted by Gasteiger charge is 2.28. The van der Waals surface area contributed by atoms with Crippen molar-refractivity contribution in [3.05, 3.63) is 100 Å². The summed E-state index contributed by atoms with van der Waals surface area (Å²) >= 11 is 0. The maximum Gasteiger partial charge on any atom is 0.282 e. The van der Waals surface area contributed by atoms with Gasteiger partial charge in [0.25, 0.3) is 6.43 Å². The van der Waals surface area contributed by atoms with E-state index in [1.165, 1.54) is 28.9 Å². The van der Waals surface area contributed by atoms with E-state index in [9.17, 15) is 18.3 Å². The lowest BCUT2D eigenvalue weighted by molar-refractivity contribution is 0.0522. The summed E-state index contributed by atoms with van der Waals surface area (Å²) in [5.74, 6) is 0.0915. The summed E-state index contributed by atoms with van der Waals surface area (Å²) in [4.78, 5) is 0. The smallest absolute Gasteiger partial charge is 0.282 e. The molecule has 6 nitrogen and oxygen atoms in total. The molecule has 0 saturated heterocycles. The van der Waals surface area contributed by atoms with Crippen LogP contribution in [0.15, 0.2) is 60.8 Å². The first-order valence-electron chi connectivity index (χ1n) is 12.4. The summed E-state index contributed by atoms with van der Waals surface area (Å²) < 4.78 is 50.9. The highest BCUT2D eigenvalue weighted by molar-refractivity contribution is 5.45. The molecule has 9 heteroatoms. The molecule has 5 rings (SSSR count). The highest BCUT2D eigenvalue weighted by Crippen LogP contribution is 2.34. The summed E-state index contributed by atoms with van der Waals surface area (Å²) in [6.45, 7) is 4.59. The topological polar surface area (TPSA) is 65.1 Å². The van der Waals surface area contributed by atoms with Crippen molar-refractivity contribution in [2.75, 3.05) is 0 Å². The van der Waals surface area contributed by atoms with E-state index >= 15 is 0 Å². The number of aliphatic hydroxyl groups excluding tert-OH is 1. The fourth-order valence-corrected chi connectivity index (χ4v) is 4.46. The Morgan fingerprint density at radius 1 is 1.05 bits per heavy atom. The second-order valence-corrected chi connectivity index (χ2v) is 9.59. The van der Waals surface area contributed by atoms with Gasteiger partial charge < -0.3 is 9.84 Å². The van der Waals surface area contributed by atoms with Crippen molar-refractivity contribution in [1.29, 1.82) is 0 Å². The number of ether oxygens (including phenoxy) is 1. The van der Waals surface area contributed by atoms with Crippen molar-refractivity contribution in [2.24, 2.45) is 5.92 Å². The number of hydrogen-bond acceptors (Lipinski definition) is 4. The van der Waals surface area contributed by atoms with E-state index in [1.807, 2.05) is 30.3 Å². The van der Waals surface area contributed by atoms with Crippen molar-refractivity contribution in [3.63, 3.8) is 0 Å². The SMILES string of the molecule is Cc1nn(CC2CC2)cc1C(O)c1cc(C(F)F)nn1-c1ccc(F)cc1[C@@H](C)OCc1ccccc1. The van der Waals surface area contributed by atoms with Crippen LogP contribution in [0.3, 0.4) is 0 Å². The van der Waals surface area contributed by atoms with Crippen LogP contribution in [0.5, 0.6) is 0 Å². The third-order valence-electron chi connectivity index (χ3n) is 6.68. The molecule has 1 saturated carbocycles. The van der Waals surface area contributed by atoms with E-state index < -0.39 is 30.1 Å². The fraction of sp³-hybridized carbons (Fsp3) is 0.357. The molecule has 1 aliphatic rings. The number of alkyl halides is 2. The average Bonchev–Trinajstić information content (AvgIpc) is 3.45. The number of aryl methyl sites for hydroxylation is 1. The van der Waals surface area contributed by atoms with Gasteiger partial charge in [0.05, 0.1) is 29.8 Å². The Bertz CT molecular complexity index is 1370. The predicted octanol–water partition coefficient (Wildman–Crippen LogP) is 6.22. The van der Waals surface area contributed by atoms with Crippen molar-refractivity contribution in [2.45, 2.75) is 58.5 Å². The molecule has 1 aliphatic carbocycles. The van der Waals surface area contributed by atoms with Gasteiger partial charge in [-0.3, -0.25) is 4.68 Å². The van der Waals surface area contributed by atoms with Gasteiger partial charge in [0, 0.05) is 23.9 Å². The molecule has 2 aromatic carbocycles. The minimum absolute atomic E-state index is 0.146. The van der Waals surface area contributed by atoms with Gasteiger partial charge in [-0.05, 0) is 62.4 Å². The van der Waals surface area contributed by atoms with E-state index in [1.54, 1.807) is 24.7 Å². The van der Waals surface area contributed by atoms with Crippen molar-refractivity contribution >= 4 is 0 Å². The van der Waals surface area contributed by atoms with Crippen LogP contribution in [0.1, 0.15) is 72.2 Å². The second kappa shape index (κ2) is 10.5. The molecule has 1 N–H and O–H groups in total. The molecule has 4 aromatic rings. The van der Waals surface area contributed by atoms with Crippen LogP contribution in [0.4, 0.5) is 13.2 Å². The maximum absolute atomic E-state index is 14.3. The number of halogens is 3. The number of aliphatic hydroxyl groups is 1. The van der Waals surface area contributed by atoms with Crippen LogP contribution in [0.2, 0.25) is 0 Å². The second-order valence-electron chi connectivity index (χ2n) is 9.59. The summed E-state index contributed by atoms with van der Waals surface area (Å²) in [5.41, 5.74) is 2.51. The summed E-state index contributed by atoms with van der Waals surface area (Å²) in [6, 6.07) is 14.7. The molecule has 194 valence electrons. The summed E-state index contributed by atoms with van der Waals surface area (Å²) in [5, 5.41) is 20.0. The Balaban J connectivity index is 1.51. The zero-order chi connectivity index (χ0) is 26.1. The quantitative estimate of drug-likeness (QED) is 0.275. The first-order valence-corrected chi connectivity index (χ1v) is 12.4. The molecular weight excluding hydrogens is 481 g/mol. The zero-order valence-electron chi connectivity index (χ0n) is 20.7. The summed E-state index contributed by atoms with van der Waals surface area (Å²) in [6.07, 6.45) is -0.626. The fourth-order valence-electron chi connectivity index (χ4n) is 4.46. The monoisotopic (exact) mass is 510 g/mol. The van der Waals surface area contributed by atoms with Crippen LogP contribution in [0.25, 0.3) is 5.69 Å². The molecule has 37 heavy (non-hydrogen) atoms. The number of aromatic nitrogens is 4. The largest absolute Gasteiger partial charge is 0.382 e. The lowest BCUT2D eigenvalue weighted by Crippen LogP contribution is -2.13. The number of rotatable bonds is 10. The van der Waals surface area contributed by atoms with E-state index in [0.29, 0.717) is 28.4 Å². The molecule has 2 aromatic heterocycles. The van der Waals surface area contributed by atoms with Gasteiger partial charge in [-0.25, -0.2) is 17.9 Å². The first-order chi connectivity index (χ1) is 17.8. The summed E-state index contributed by atoms with van der Waals surface area (Å²) in [7, 11) is 0. The highest BCUT2D eigenvalue weighted by atomic mass is 19.3. The Morgan fingerprint density at radius 2 is 1.81 bits per heavy atom. The Kier molecular flexibility index (Phi) is 7.17. The normalized spacial score (nSPS) is 15.3. The molecule has 2 heterocycles. The van der Waals surface area contributed by atoms with Gasteiger partial charge in [0.2, 0.25) is 0 Å². The molecule has 0 bridgehead atoms. The number of hydrogen-bond donors (Lipinski definition) is 1. The van der Waals surface area contributed by atoms with Gasteiger partial charge in [0.15, 0.2) is 0 Å². The molecule has 1 fully saturated rings. The molecule has 0 radical (unpaired) electrons. The van der Waals surface area contributed by atoms with Gasteiger partial charge in [0.1, 0.15) is 17.6 Å². The zero-order valence-corrected chi connectivity index (χ0v) is 20.7. The van der Waals surface area contributed by atoms with Gasteiger partial charge >= 0.3 is 0 Å². The van der Waals surface area contributed by atoms with Crippen molar-refractivity contribution in [3.8, 4) is 5.69 Å². The van der Waals surface area contributed by atoms with E-state index in [0.717, 1.165) is 24.9 Å². The van der Waals surface area contributed by atoms with Crippen molar-refractivity contribution in [1.82, 2.24) is 19.6 Å². The molecule has 0 amide bonds. The predicted molar refractivity (Wildman–Crippen MR) is 132 cm³/mol. The molecule has 0 aliphatic heterocycles. The Labute approximate surface area is 213 Å².